The molecule has 0 aromatic heterocycles. The van der Waals surface area contributed by atoms with Crippen LogP contribution >= 0.6 is 0 Å². The molecule has 0 atom stereocenters. The van der Waals surface area contributed by atoms with Crippen molar-refractivity contribution >= 4 is 40.0 Å². The van der Waals surface area contributed by atoms with Gasteiger partial charge in [-0.05, 0) is 24.5 Å². The van der Waals surface area contributed by atoms with E-state index in [1.54, 1.807) is 0 Å². The summed E-state index contributed by atoms with van der Waals surface area (Å²) in [6.45, 7) is 2.08. The van der Waals surface area contributed by atoms with E-state index >= 15 is 0 Å². The predicted molar refractivity (Wildman–Crippen MR) is 93.7 cm³/mol. The Kier molecular flexibility index (Phi) is 13.1. The molecular weight excluding hydrogens is 327 g/mol. The molecule has 0 radical (unpaired) electrons. The Labute approximate surface area is 162 Å². The Morgan fingerprint density at radius 1 is 1.00 bits per heavy atom. The van der Waals surface area contributed by atoms with Gasteiger partial charge in [-0.15, -0.1) is 0 Å². The second-order valence-electron chi connectivity index (χ2n) is 5.22. The van der Waals surface area contributed by atoms with Crippen molar-refractivity contribution in [2.24, 2.45) is 0 Å². The molecule has 0 aliphatic rings. The average molecular weight is 354 g/mol. The van der Waals surface area contributed by atoms with E-state index in [0.717, 1.165) is 24.2 Å². The number of aryl methyl sites for hydroxylation is 1. The van der Waals surface area contributed by atoms with Crippen LogP contribution in [-0.4, -0.2) is 55.7 Å². The van der Waals surface area contributed by atoms with Crippen molar-refractivity contribution in [3.63, 3.8) is 0 Å². The van der Waals surface area contributed by atoms with E-state index in [-0.39, 0.29) is 42.8 Å². The van der Waals surface area contributed by atoms with Crippen LogP contribution < -0.4 is 4.74 Å². The summed E-state index contributed by atoms with van der Waals surface area (Å²) in [7, 11) is -4.39. The van der Waals surface area contributed by atoms with Crippen LogP contribution in [0.15, 0.2) is 24.3 Å². The Hall–Kier alpha value is -0.110. The minimum absolute atomic E-state index is 0. The first kappa shape index (κ1) is 22.9. The van der Waals surface area contributed by atoms with Crippen molar-refractivity contribution in [3.05, 3.63) is 29.8 Å². The fourth-order valence-electron chi connectivity index (χ4n) is 2.24. The fourth-order valence-corrected chi connectivity index (χ4v) is 2.52. The van der Waals surface area contributed by atoms with Crippen molar-refractivity contribution in [1.82, 2.24) is 0 Å². The van der Waals surface area contributed by atoms with Gasteiger partial charge in [0.2, 0.25) is 0 Å². The number of hydrogen-bond acceptors (Lipinski definition) is 4. The summed E-state index contributed by atoms with van der Waals surface area (Å²) in [4.78, 5) is 0. The molecule has 1 rings (SSSR count). The molecule has 1 aromatic carbocycles. The van der Waals surface area contributed by atoms with Crippen LogP contribution in [0.5, 0.6) is 5.75 Å². The Morgan fingerprint density at radius 3 is 2.35 bits per heavy atom. The third kappa shape index (κ3) is 12.0. The molecule has 0 fully saturated rings. The van der Waals surface area contributed by atoms with E-state index in [2.05, 4.69) is 11.1 Å². The maximum atomic E-state index is 10.4. The summed E-state index contributed by atoms with van der Waals surface area (Å²) in [5, 5.41) is 0. The molecule has 0 aliphatic heterocycles. The quantitative estimate of drug-likeness (QED) is 0.355. The topological polar surface area (TPSA) is 72.8 Å². The van der Waals surface area contributed by atoms with Gasteiger partial charge >= 0.3 is 40.0 Å². The van der Waals surface area contributed by atoms with Crippen LogP contribution in [0, 0.1) is 0 Å². The normalized spacial score (nSPS) is 11.0. The van der Waals surface area contributed by atoms with E-state index in [0.29, 0.717) is 0 Å². The predicted octanol–water partition coefficient (Wildman–Crippen LogP) is 3.14. The Balaban J connectivity index is 0.00000484. The monoisotopic (exact) mass is 354 g/mol. The molecule has 0 bridgehead atoms. The van der Waals surface area contributed by atoms with E-state index < -0.39 is 10.4 Å². The van der Waals surface area contributed by atoms with E-state index in [1.807, 2.05) is 24.3 Å². The van der Waals surface area contributed by atoms with Gasteiger partial charge in [0.15, 0.2) is 0 Å². The third-order valence-electron chi connectivity index (χ3n) is 3.35. The minimum atomic E-state index is -4.39. The zero-order valence-corrected chi connectivity index (χ0v) is 14.0. The molecule has 23 heavy (non-hydrogen) atoms. The van der Waals surface area contributed by atoms with Crippen LogP contribution in [0.2, 0.25) is 0 Å². The van der Waals surface area contributed by atoms with Gasteiger partial charge in [-0.1, -0.05) is 57.2 Å². The molecule has 128 valence electrons. The van der Waals surface area contributed by atoms with E-state index in [4.69, 9.17) is 9.29 Å². The second kappa shape index (κ2) is 13.2. The Bertz CT molecular complexity index is 519. The number of rotatable bonds is 12. The van der Waals surface area contributed by atoms with Crippen LogP contribution in [0.4, 0.5) is 0 Å². The summed E-state index contributed by atoms with van der Waals surface area (Å²) in [6.07, 6.45) is 8.38. The van der Waals surface area contributed by atoms with E-state index in [1.165, 1.54) is 32.1 Å². The van der Waals surface area contributed by atoms with Gasteiger partial charge in [0, 0.05) is 0 Å². The van der Waals surface area contributed by atoms with Crippen LogP contribution in [0.25, 0.3) is 0 Å². The number of hydrogen-bond donors (Lipinski definition) is 1. The summed E-state index contributed by atoms with van der Waals surface area (Å²) in [6, 6.07) is 7.72. The van der Waals surface area contributed by atoms with Gasteiger partial charge in [0.1, 0.15) is 19.0 Å². The van der Waals surface area contributed by atoms with Crippen molar-refractivity contribution in [1.29, 1.82) is 0 Å². The average Bonchev–Trinajstić information content (AvgIpc) is 2.47. The first-order chi connectivity index (χ1) is 10.5. The summed E-state index contributed by atoms with van der Waals surface area (Å²) >= 11 is 0. The first-order valence-electron chi connectivity index (χ1n) is 7.85. The zero-order valence-electron chi connectivity index (χ0n) is 13.2. The van der Waals surface area contributed by atoms with E-state index in [9.17, 15) is 8.42 Å². The molecule has 0 heterocycles. The molecule has 0 amide bonds. The number of unbranched alkanes of at least 4 members (excludes halogenated alkanes) is 5. The zero-order chi connectivity index (χ0) is 16.3. The van der Waals surface area contributed by atoms with Crippen molar-refractivity contribution < 1.29 is 21.9 Å². The molecule has 1 N–H and O–H groups in total. The third-order valence-corrected chi connectivity index (χ3v) is 3.81. The molecular formula is C16H27NaO5S. The summed E-state index contributed by atoms with van der Waals surface area (Å²) in [5.74, 6) is 0.745. The molecule has 0 spiro atoms. The molecule has 0 saturated carbocycles. The molecule has 7 heteroatoms. The van der Waals surface area contributed by atoms with Gasteiger partial charge in [-0.25, -0.2) is 4.18 Å². The number of ether oxygens (including phenoxy) is 1. The molecule has 0 aliphatic carbocycles. The number of benzene rings is 1. The molecule has 1 aromatic rings. The van der Waals surface area contributed by atoms with Crippen LogP contribution in [0.1, 0.15) is 51.0 Å². The van der Waals surface area contributed by atoms with Crippen molar-refractivity contribution in [2.75, 3.05) is 13.2 Å². The molecule has 0 saturated heterocycles. The van der Waals surface area contributed by atoms with Gasteiger partial charge < -0.3 is 4.74 Å². The summed E-state index contributed by atoms with van der Waals surface area (Å²) < 4.78 is 39.1. The number of para-hydroxylation sites is 1. The SMILES string of the molecule is CCCCCCCCc1ccccc1OCCOS(=O)(=O)O.[NaH]. The maximum absolute atomic E-state index is 10.4. The first-order valence-corrected chi connectivity index (χ1v) is 9.22. The van der Waals surface area contributed by atoms with Crippen molar-refractivity contribution in [3.8, 4) is 5.75 Å². The van der Waals surface area contributed by atoms with Crippen LogP contribution in [-0.2, 0) is 21.0 Å². The second-order valence-corrected chi connectivity index (χ2v) is 6.31. The summed E-state index contributed by atoms with van der Waals surface area (Å²) in [5.41, 5.74) is 1.12. The fraction of sp³-hybridized carbons (Fsp3) is 0.625. The molecule has 0 unspecified atom stereocenters. The van der Waals surface area contributed by atoms with Gasteiger partial charge in [-0.2, -0.15) is 8.42 Å². The van der Waals surface area contributed by atoms with Gasteiger partial charge in [-0.3, -0.25) is 4.55 Å². The standard InChI is InChI=1S/C16H26O5S.Na.H/c1-2-3-4-5-6-7-10-15-11-8-9-12-16(15)20-13-14-21-22(17,18)19;;/h8-9,11-12H,2-7,10,13-14H2,1H3,(H,17,18,19);;. The van der Waals surface area contributed by atoms with Gasteiger partial charge in [0.05, 0.1) is 0 Å². The van der Waals surface area contributed by atoms with Gasteiger partial charge in [0.25, 0.3) is 0 Å². The molecule has 5 nitrogen and oxygen atoms in total. The van der Waals surface area contributed by atoms with Crippen molar-refractivity contribution in [2.45, 2.75) is 51.9 Å². The Morgan fingerprint density at radius 2 is 1.65 bits per heavy atom. The van der Waals surface area contributed by atoms with Crippen LogP contribution in [0.3, 0.4) is 0 Å².